The summed E-state index contributed by atoms with van der Waals surface area (Å²) in [6.45, 7) is 3.78. The Kier molecular flexibility index (Phi) is 6.65. The van der Waals surface area contributed by atoms with Gasteiger partial charge in [0.05, 0.1) is 4.92 Å². The Hall–Kier alpha value is -2.73. The highest BCUT2D eigenvalue weighted by molar-refractivity contribution is 5.98. The van der Waals surface area contributed by atoms with Gasteiger partial charge in [-0.05, 0) is 38.6 Å². The maximum Gasteiger partial charge on any atom is 0.285 e. The van der Waals surface area contributed by atoms with Crippen LogP contribution in [0.15, 0.2) is 48.5 Å². The first-order valence-corrected chi connectivity index (χ1v) is 8.23. The van der Waals surface area contributed by atoms with E-state index in [1.54, 1.807) is 19.1 Å². The number of aryl methyl sites for hydroxylation is 1. The minimum absolute atomic E-state index is 0.114. The average Bonchev–Trinajstić information content (AvgIpc) is 2.58. The standard InChI is InChI=1S/C19H23N3O3/c1-15-8-6-11-17(18(15)22(24)25)19(23)20-12-7-13-21(2)14-16-9-4-3-5-10-16/h3-6,8-11H,7,12-14H2,1-2H3,(H,20,23). The zero-order chi connectivity index (χ0) is 18.2. The Morgan fingerprint density at radius 1 is 1.16 bits per heavy atom. The van der Waals surface area contributed by atoms with Gasteiger partial charge >= 0.3 is 0 Å². The summed E-state index contributed by atoms with van der Waals surface area (Å²) in [5.41, 5.74) is 1.72. The van der Waals surface area contributed by atoms with Gasteiger partial charge in [-0.15, -0.1) is 0 Å². The quantitative estimate of drug-likeness (QED) is 0.455. The van der Waals surface area contributed by atoms with Crippen molar-refractivity contribution in [1.29, 1.82) is 0 Å². The van der Waals surface area contributed by atoms with Crippen LogP contribution in [-0.2, 0) is 6.54 Å². The van der Waals surface area contributed by atoms with Gasteiger partial charge in [-0.25, -0.2) is 0 Å². The summed E-state index contributed by atoms with van der Waals surface area (Å²) in [7, 11) is 2.03. The summed E-state index contributed by atoms with van der Waals surface area (Å²) in [5.74, 6) is -0.402. The van der Waals surface area contributed by atoms with E-state index in [1.807, 2.05) is 25.2 Å². The van der Waals surface area contributed by atoms with Crippen LogP contribution in [0, 0.1) is 17.0 Å². The summed E-state index contributed by atoms with van der Waals surface area (Å²) in [6.07, 6.45) is 0.773. The van der Waals surface area contributed by atoms with Gasteiger partial charge in [-0.2, -0.15) is 0 Å². The molecule has 6 nitrogen and oxygen atoms in total. The van der Waals surface area contributed by atoms with Gasteiger partial charge in [0.15, 0.2) is 0 Å². The number of benzene rings is 2. The van der Waals surface area contributed by atoms with Crippen LogP contribution < -0.4 is 5.32 Å². The van der Waals surface area contributed by atoms with Crippen molar-refractivity contribution in [3.63, 3.8) is 0 Å². The van der Waals surface area contributed by atoms with Crippen LogP contribution in [0.4, 0.5) is 5.69 Å². The van der Waals surface area contributed by atoms with Gasteiger partial charge < -0.3 is 10.2 Å². The number of nitro benzene ring substituents is 1. The van der Waals surface area contributed by atoms with Crippen LogP contribution >= 0.6 is 0 Å². The molecule has 132 valence electrons. The van der Waals surface area contributed by atoms with Gasteiger partial charge in [-0.3, -0.25) is 14.9 Å². The molecule has 0 spiro atoms. The Morgan fingerprint density at radius 3 is 2.56 bits per heavy atom. The van der Waals surface area contributed by atoms with E-state index in [4.69, 9.17) is 0 Å². The fraction of sp³-hybridized carbons (Fsp3) is 0.316. The molecule has 0 bridgehead atoms. The molecule has 6 heteroatoms. The molecule has 0 aliphatic carbocycles. The molecule has 1 N–H and O–H groups in total. The average molecular weight is 341 g/mol. The number of carbonyl (C=O) groups excluding carboxylic acids is 1. The van der Waals surface area contributed by atoms with E-state index in [1.165, 1.54) is 11.6 Å². The molecule has 0 radical (unpaired) electrons. The molecule has 2 aromatic rings. The monoisotopic (exact) mass is 341 g/mol. The minimum atomic E-state index is -0.502. The number of hydrogen-bond donors (Lipinski definition) is 1. The summed E-state index contributed by atoms with van der Waals surface area (Å²) in [5, 5.41) is 13.9. The molecular formula is C19H23N3O3. The number of nitro groups is 1. The molecule has 0 heterocycles. The summed E-state index contributed by atoms with van der Waals surface area (Å²) in [6, 6.07) is 14.9. The van der Waals surface area contributed by atoms with Gasteiger partial charge in [0.1, 0.15) is 5.56 Å². The maximum absolute atomic E-state index is 12.2. The van der Waals surface area contributed by atoms with Crippen molar-refractivity contribution in [3.05, 3.63) is 75.3 Å². The van der Waals surface area contributed by atoms with Crippen LogP contribution in [0.25, 0.3) is 0 Å². The van der Waals surface area contributed by atoms with Crippen LogP contribution in [-0.4, -0.2) is 35.9 Å². The van der Waals surface area contributed by atoms with Crippen LogP contribution in [0.5, 0.6) is 0 Å². The molecule has 2 rings (SSSR count). The first kappa shape index (κ1) is 18.6. The fourth-order valence-electron chi connectivity index (χ4n) is 2.70. The zero-order valence-electron chi connectivity index (χ0n) is 14.6. The van der Waals surface area contributed by atoms with E-state index in [0.717, 1.165) is 19.5 Å². The second kappa shape index (κ2) is 8.94. The number of carbonyl (C=O) groups is 1. The van der Waals surface area contributed by atoms with E-state index >= 15 is 0 Å². The number of rotatable bonds is 8. The van der Waals surface area contributed by atoms with Crippen molar-refractivity contribution < 1.29 is 9.72 Å². The van der Waals surface area contributed by atoms with Crippen LogP contribution in [0.3, 0.4) is 0 Å². The van der Waals surface area contributed by atoms with Crippen molar-refractivity contribution in [2.75, 3.05) is 20.1 Å². The number of hydrogen-bond acceptors (Lipinski definition) is 4. The van der Waals surface area contributed by atoms with Crippen molar-refractivity contribution in [3.8, 4) is 0 Å². The van der Waals surface area contributed by atoms with E-state index in [2.05, 4.69) is 22.3 Å². The van der Waals surface area contributed by atoms with E-state index in [9.17, 15) is 14.9 Å². The topological polar surface area (TPSA) is 75.5 Å². The third kappa shape index (κ3) is 5.39. The molecule has 0 saturated carbocycles. The van der Waals surface area contributed by atoms with Crippen molar-refractivity contribution >= 4 is 11.6 Å². The zero-order valence-corrected chi connectivity index (χ0v) is 14.6. The molecule has 0 unspecified atom stereocenters. The van der Waals surface area contributed by atoms with Gasteiger partial charge in [0, 0.05) is 18.7 Å². The molecule has 0 aliphatic heterocycles. The third-order valence-electron chi connectivity index (χ3n) is 3.96. The van der Waals surface area contributed by atoms with E-state index in [-0.39, 0.29) is 11.3 Å². The lowest BCUT2D eigenvalue weighted by atomic mass is 10.1. The lowest BCUT2D eigenvalue weighted by Gasteiger charge is -2.16. The molecule has 0 aliphatic rings. The Bertz CT molecular complexity index is 732. The number of nitrogens with zero attached hydrogens (tertiary/aromatic N) is 2. The number of amides is 1. The first-order chi connectivity index (χ1) is 12.0. The molecule has 0 aromatic heterocycles. The Labute approximate surface area is 147 Å². The lowest BCUT2D eigenvalue weighted by Crippen LogP contribution is -2.28. The smallest absolute Gasteiger partial charge is 0.285 e. The Balaban J connectivity index is 1.81. The second-order valence-corrected chi connectivity index (χ2v) is 6.06. The highest BCUT2D eigenvalue weighted by Gasteiger charge is 2.21. The number of nitrogens with one attached hydrogen (secondary N) is 1. The molecule has 2 aromatic carbocycles. The van der Waals surface area contributed by atoms with Gasteiger partial charge in [-0.1, -0.05) is 42.5 Å². The van der Waals surface area contributed by atoms with Crippen molar-refractivity contribution in [1.82, 2.24) is 10.2 Å². The lowest BCUT2D eigenvalue weighted by molar-refractivity contribution is -0.385. The second-order valence-electron chi connectivity index (χ2n) is 6.06. The third-order valence-corrected chi connectivity index (χ3v) is 3.96. The molecule has 1 amide bonds. The van der Waals surface area contributed by atoms with Gasteiger partial charge in [0.25, 0.3) is 11.6 Å². The van der Waals surface area contributed by atoms with Crippen molar-refractivity contribution in [2.24, 2.45) is 0 Å². The summed E-state index contributed by atoms with van der Waals surface area (Å²) >= 11 is 0. The summed E-state index contributed by atoms with van der Waals surface area (Å²) in [4.78, 5) is 25.1. The van der Waals surface area contributed by atoms with E-state index in [0.29, 0.717) is 12.1 Å². The SMILES string of the molecule is Cc1cccc(C(=O)NCCCN(C)Cc2ccccc2)c1[N+](=O)[O-]. The molecule has 0 saturated heterocycles. The van der Waals surface area contributed by atoms with Crippen LogP contribution in [0.2, 0.25) is 0 Å². The predicted octanol–water partition coefficient (Wildman–Crippen LogP) is 3.16. The normalized spacial score (nSPS) is 10.7. The predicted molar refractivity (Wildman–Crippen MR) is 97.6 cm³/mol. The first-order valence-electron chi connectivity index (χ1n) is 8.23. The molecule has 0 fully saturated rings. The highest BCUT2D eigenvalue weighted by Crippen LogP contribution is 2.22. The molecule has 0 atom stereocenters. The number of para-hydroxylation sites is 1. The Morgan fingerprint density at radius 2 is 1.88 bits per heavy atom. The van der Waals surface area contributed by atoms with Gasteiger partial charge in [0.2, 0.25) is 0 Å². The van der Waals surface area contributed by atoms with Crippen molar-refractivity contribution in [2.45, 2.75) is 19.9 Å². The molecular weight excluding hydrogens is 318 g/mol. The minimum Gasteiger partial charge on any atom is -0.352 e. The highest BCUT2D eigenvalue weighted by atomic mass is 16.6. The molecule has 25 heavy (non-hydrogen) atoms. The fourth-order valence-corrected chi connectivity index (χ4v) is 2.70. The maximum atomic E-state index is 12.2. The summed E-state index contributed by atoms with van der Waals surface area (Å²) < 4.78 is 0. The van der Waals surface area contributed by atoms with E-state index < -0.39 is 10.8 Å². The van der Waals surface area contributed by atoms with Crippen LogP contribution in [0.1, 0.15) is 27.9 Å². The largest absolute Gasteiger partial charge is 0.352 e.